The van der Waals surface area contributed by atoms with Crippen LogP contribution in [0.1, 0.15) is 41.5 Å². The van der Waals surface area contributed by atoms with Crippen molar-refractivity contribution in [3.8, 4) is 12.3 Å². The summed E-state index contributed by atoms with van der Waals surface area (Å²) in [6.45, 7) is 17.8. The van der Waals surface area contributed by atoms with Gasteiger partial charge in [-0.05, 0) is 43.5 Å². The van der Waals surface area contributed by atoms with Gasteiger partial charge in [0.1, 0.15) is 0 Å². The predicted molar refractivity (Wildman–Crippen MR) is 90.1 cm³/mol. The normalized spacial score (nSPS) is 18.3. The van der Waals surface area contributed by atoms with Crippen LogP contribution in [0.5, 0.6) is 0 Å². The summed E-state index contributed by atoms with van der Waals surface area (Å²) in [7, 11) is -1.70. The fraction of sp³-hybridized carbons (Fsp3) is 0.765. The lowest BCUT2D eigenvalue weighted by Crippen LogP contribution is -2.41. The predicted octanol–water partition coefficient (Wildman–Crippen LogP) is 4.22. The van der Waals surface area contributed by atoms with Crippen LogP contribution in [0.4, 0.5) is 0 Å². The highest BCUT2D eigenvalue weighted by molar-refractivity contribution is 6.74. The van der Waals surface area contributed by atoms with Gasteiger partial charge >= 0.3 is 0 Å². The Morgan fingerprint density at radius 3 is 2.25 bits per heavy atom. The topological polar surface area (TPSA) is 29.5 Å². The molecule has 0 saturated heterocycles. The number of aliphatic hydroxyl groups excluding tert-OH is 1. The van der Waals surface area contributed by atoms with E-state index in [4.69, 9.17) is 10.8 Å². The van der Waals surface area contributed by atoms with Crippen molar-refractivity contribution in [2.45, 2.75) is 65.8 Å². The zero-order chi connectivity index (χ0) is 16.1. The summed E-state index contributed by atoms with van der Waals surface area (Å²) in [5, 5.41) is 10.3. The molecule has 3 atom stereocenters. The highest BCUT2D eigenvalue weighted by Gasteiger charge is 2.37. The lowest BCUT2D eigenvalue weighted by molar-refractivity contribution is 0.175. The van der Waals surface area contributed by atoms with Crippen LogP contribution in [0.15, 0.2) is 11.6 Å². The van der Waals surface area contributed by atoms with E-state index < -0.39 is 14.4 Å². The van der Waals surface area contributed by atoms with E-state index in [2.05, 4.69) is 52.8 Å². The van der Waals surface area contributed by atoms with E-state index in [1.807, 2.05) is 13.8 Å². The second-order valence-electron chi connectivity index (χ2n) is 7.36. The van der Waals surface area contributed by atoms with E-state index in [0.29, 0.717) is 6.61 Å². The molecule has 0 aliphatic carbocycles. The molecule has 1 N–H and O–H groups in total. The Morgan fingerprint density at radius 1 is 1.35 bits per heavy atom. The number of terminal acetylenes is 1. The maximum Gasteiger partial charge on any atom is 0.192 e. The third-order valence-electron chi connectivity index (χ3n) is 4.26. The number of aliphatic hydroxyl groups is 1. The monoisotopic (exact) mass is 296 g/mol. The Morgan fingerprint density at radius 2 is 1.85 bits per heavy atom. The van der Waals surface area contributed by atoms with Gasteiger partial charge in [-0.3, -0.25) is 0 Å². The first kappa shape index (κ1) is 19.4. The van der Waals surface area contributed by atoms with E-state index in [0.717, 1.165) is 5.57 Å². The van der Waals surface area contributed by atoms with Gasteiger partial charge in [0.2, 0.25) is 0 Å². The summed E-state index contributed by atoms with van der Waals surface area (Å²) in [6.07, 6.45) is 6.86. The maximum atomic E-state index is 10.0. The Balaban J connectivity index is 4.58. The van der Waals surface area contributed by atoms with Gasteiger partial charge in [0.05, 0.1) is 6.10 Å². The molecule has 0 spiro atoms. The molecule has 0 fully saturated rings. The molecular formula is C17H32O2Si. The van der Waals surface area contributed by atoms with Crippen LogP contribution in [-0.4, -0.2) is 26.1 Å². The Labute approximate surface area is 126 Å². The second-order valence-corrected chi connectivity index (χ2v) is 12.2. The zero-order valence-corrected chi connectivity index (χ0v) is 15.4. The molecule has 0 heterocycles. The zero-order valence-electron chi connectivity index (χ0n) is 14.4. The summed E-state index contributed by atoms with van der Waals surface area (Å²) >= 11 is 0. The van der Waals surface area contributed by atoms with Gasteiger partial charge in [-0.15, -0.1) is 12.3 Å². The summed E-state index contributed by atoms with van der Waals surface area (Å²) in [5.74, 6) is 2.71. The molecule has 0 unspecified atom stereocenters. The first-order valence-electron chi connectivity index (χ1n) is 7.39. The summed E-state index contributed by atoms with van der Waals surface area (Å²) in [6, 6.07) is 0. The molecule has 0 aromatic heterocycles. The minimum atomic E-state index is -1.70. The molecule has 2 nitrogen and oxygen atoms in total. The van der Waals surface area contributed by atoms with Crippen molar-refractivity contribution in [3.63, 3.8) is 0 Å². The molecule has 0 rings (SSSR count). The first-order chi connectivity index (χ1) is 8.92. The van der Waals surface area contributed by atoms with E-state index in [1.54, 1.807) is 0 Å². The highest BCUT2D eigenvalue weighted by Crippen LogP contribution is 2.36. The van der Waals surface area contributed by atoms with Gasteiger partial charge < -0.3 is 9.53 Å². The van der Waals surface area contributed by atoms with E-state index in [-0.39, 0.29) is 16.9 Å². The minimum Gasteiger partial charge on any atom is -0.416 e. The summed E-state index contributed by atoms with van der Waals surface area (Å²) < 4.78 is 6.20. The Hall–Kier alpha value is -0.563. The molecule has 3 heteroatoms. The molecule has 0 bridgehead atoms. The largest absolute Gasteiger partial charge is 0.416 e. The fourth-order valence-corrected chi connectivity index (χ4v) is 2.75. The minimum absolute atomic E-state index is 0.153. The van der Waals surface area contributed by atoms with Gasteiger partial charge in [-0.1, -0.05) is 33.8 Å². The van der Waals surface area contributed by atoms with Crippen LogP contribution in [-0.2, 0) is 4.43 Å². The van der Waals surface area contributed by atoms with Gasteiger partial charge in [0, 0.05) is 12.5 Å². The quantitative estimate of drug-likeness (QED) is 0.452. The lowest BCUT2D eigenvalue weighted by atomic mass is 9.96. The average Bonchev–Trinajstić information content (AvgIpc) is 2.33. The van der Waals surface area contributed by atoms with E-state index >= 15 is 0 Å². The molecule has 0 saturated carbocycles. The molecule has 116 valence electrons. The number of rotatable bonds is 6. The standard InChI is InChI=1S/C17H32O2Si/c1-10-14(3)16(18)15(4)11-13(2)12-19-20(8,9)17(5,6)7/h1,11,13-14,16,18H,12H2,2-9H3/b15-11+/t13-,14-,16-/m1/s1. The lowest BCUT2D eigenvalue weighted by Gasteiger charge is -2.36. The van der Waals surface area contributed by atoms with Crippen LogP contribution in [0, 0.1) is 24.2 Å². The van der Waals surface area contributed by atoms with Crippen molar-refractivity contribution >= 4 is 8.32 Å². The van der Waals surface area contributed by atoms with Crippen molar-refractivity contribution in [2.24, 2.45) is 11.8 Å². The highest BCUT2D eigenvalue weighted by atomic mass is 28.4. The smallest absolute Gasteiger partial charge is 0.192 e. The van der Waals surface area contributed by atoms with Crippen LogP contribution >= 0.6 is 0 Å². The molecule has 0 aromatic carbocycles. The van der Waals surface area contributed by atoms with Crippen molar-refractivity contribution in [2.75, 3.05) is 6.61 Å². The summed E-state index contributed by atoms with van der Waals surface area (Å²) in [4.78, 5) is 0. The second kappa shape index (κ2) is 7.45. The fourth-order valence-electron chi connectivity index (χ4n) is 1.64. The van der Waals surface area contributed by atoms with Crippen molar-refractivity contribution < 1.29 is 9.53 Å². The maximum absolute atomic E-state index is 10.0. The van der Waals surface area contributed by atoms with E-state index in [9.17, 15) is 5.11 Å². The number of hydrogen-bond donors (Lipinski definition) is 1. The van der Waals surface area contributed by atoms with Crippen molar-refractivity contribution in [3.05, 3.63) is 11.6 Å². The van der Waals surface area contributed by atoms with Gasteiger partial charge in [-0.25, -0.2) is 0 Å². The average molecular weight is 297 g/mol. The van der Waals surface area contributed by atoms with Crippen LogP contribution in [0.2, 0.25) is 18.1 Å². The SMILES string of the molecule is C#C[C@@H](C)[C@@H](O)/C(C)=C/[C@@H](C)CO[Si](C)(C)C(C)(C)C. The van der Waals surface area contributed by atoms with Gasteiger partial charge in [0.15, 0.2) is 8.32 Å². The molecule has 0 aromatic rings. The molecule has 0 aliphatic heterocycles. The third-order valence-corrected chi connectivity index (χ3v) is 8.76. The first-order valence-corrected chi connectivity index (χ1v) is 10.3. The van der Waals surface area contributed by atoms with Crippen molar-refractivity contribution in [1.29, 1.82) is 0 Å². The van der Waals surface area contributed by atoms with Crippen LogP contribution in [0.3, 0.4) is 0 Å². The third kappa shape index (κ3) is 5.83. The molecule has 0 aliphatic rings. The number of hydrogen-bond acceptors (Lipinski definition) is 2. The summed E-state index contributed by atoms with van der Waals surface area (Å²) in [5.41, 5.74) is 0.932. The van der Waals surface area contributed by atoms with Gasteiger partial charge in [-0.2, -0.15) is 0 Å². The molecule has 0 amide bonds. The molecular weight excluding hydrogens is 264 g/mol. The molecule has 20 heavy (non-hydrogen) atoms. The molecule has 0 radical (unpaired) electrons. The Kier molecular flexibility index (Phi) is 7.24. The van der Waals surface area contributed by atoms with Gasteiger partial charge in [0.25, 0.3) is 0 Å². The van der Waals surface area contributed by atoms with Crippen molar-refractivity contribution in [1.82, 2.24) is 0 Å². The van der Waals surface area contributed by atoms with Crippen LogP contribution in [0.25, 0.3) is 0 Å². The Bertz CT molecular complexity index is 371. The van der Waals surface area contributed by atoms with Crippen LogP contribution < -0.4 is 0 Å². The van der Waals surface area contributed by atoms with E-state index in [1.165, 1.54) is 0 Å².